The molecule has 98 valence electrons. The smallest absolute Gasteiger partial charge is 0.138 e. The van der Waals surface area contributed by atoms with E-state index in [0.29, 0.717) is 18.1 Å². The molecular weight excluding hydrogens is 236 g/mol. The first kappa shape index (κ1) is 11.3. The first-order chi connectivity index (χ1) is 9.21. The van der Waals surface area contributed by atoms with E-state index in [0.717, 1.165) is 25.0 Å². The van der Waals surface area contributed by atoms with E-state index in [9.17, 15) is 4.79 Å². The normalized spacial score (nSPS) is 31.5. The number of ketones is 1. The van der Waals surface area contributed by atoms with Crippen molar-refractivity contribution < 1.29 is 9.53 Å². The van der Waals surface area contributed by atoms with Crippen LogP contribution in [-0.2, 0) is 16.6 Å². The summed E-state index contributed by atoms with van der Waals surface area (Å²) in [7, 11) is 1.71. The number of rotatable bonds is 1. The topological polar surface area (TPSA) is 26.3 Å². The summed E-state index contributed by atoms with van der Waals surface area (Å²) in [6, 6.07) is 6.26. The summed E-state index contributed by atoms with van der Waals surface area (Å²) in [5.74, 6) is 1.97. The highest BCUT2D eigenvalue weighted by molar-refractivity contribution is 5.85. The Balaban J connectivity index is 1.90. The van der Waals surface area contributed by atoms with E-state index in [2.05, 4.69) is 18.2 Å². The van der Waals surface area contributed by atoms with E-state index in [1.165, 1.54) is 17.5 Å². The molecule has 0 heterocycles. The largest absolute Gasteiger partial charge is 0.497 e. The van der Waals surface area contributed by atoms with E-state index in [1.807, 2.05) is 6.07 Å². The van der Waals surface area contributed by atoms with Gasteiger partial charge in [0.05, 0.1) is 7.11 Å². The lowest BCUT2D eigenvalue weighted by Gasteiger charge is -2.40. The van der Waals surface area contributed by atoms with Gasteiger partial charge in [0.25, 0.3) is 0 Å². The molecule has 0 amide bonds. The molecule has 2 unspecified atom stereocenters. The highest BCUT2D eigenvalue weighted by Crippen LogP contribution is 2.58. The van der Waals surface area contributed by atoms with Crippen molar-refractivity contribution in [1.82, 2.24) is 0 Å². The number of allylic oxidation sites excluding steroid dienone is 2. The van der Waals surface area contributed by atoms with Crippen LogP contribution < -0.4 is 4.74 Å². The lowest BCUT2D eigenvalue weighted by Crippen LogP contribution is -2.39. The average molecular weight is 254 g/mol. The summed E-state index contributed by atoms with van der Waals surface area (Å²) >= 11 is 0. The third-order valence-corrected chi connectivity index (χ3v) is 5.28. The molecule has 3 aliphatic rings. The lowest BCUT2D eigenvalue weighted by molar-refractivity contribution is -0.120. The summed E-state index contributed by atoms with van der Waals surface area (Å²) < 4.78 is 5.39. The Morgan fingerprint density at radius 2 is 2.21 bits per heavy atom. The summed E-state index contributed by atoms with van der Waals surface area (Å²) in [5, 5.41) is 0. The van der Waals surface area contributed by atoms with Crippen LogP contribution in [0.1, 0.15) is 36.8 Å². The second-order valence-corrected chi connectivity index (χ2v) is 6.25. The molecule has 2 heteroatoms. The molecule has 1 spiro atoms. The monoisotopic (exact) mass is 254 g/mol. The molecule has 0 radical (unpaired) electrons. The first-order valence-electron chi connectivity index (χ1n) is 7.08. The number of methoxy groups -OCH3 is 1. The van der Waals surface area contributed by atoms with E-state index >= 15 is 0 Å². The van der Waals surface area contributed by atoms with Gasteiger partial charge in [0.1, 0.15) is 11.5 Å². The third-order valence-electron chi connectivity index (χ3n) is 5.28. The quantitative estimate of drug-likeness (QED) is 0.719. The van der Waals surface area contributed by atoms with Crippen molar-refractivity contribution >= 4 is 5.78 Å². The van der Waals surface area contributed by atoms with Gasteiger partial charge < -0.3 is 4.74 Å². The number of hydrogen-bond acceptors (Lipinski definition) is 2. The fourth-order valence-corrected chi connectivity index (χ4v) is 4.45. The molecule has 0 aromatic heterocycles. The molecule has 3 aliphatic carbocycles. The summed E-state index contributed by atoms with van der Waals surface area (Å²) in [6.45, 7) is 0. The predicted molar refractivity (Wildman–Crippen MR) is 73.4 cm³/mol. The molecular formula is C17H18O2. The number of carbonyl (C=O) groups is 1. The maximum absolute atomic E-state index is 12.2. The van der Waals surface area contributed by atoms with Crippen molar-refractivity contribution in [2.75, 3.05) is 7.11 Å². The molecule has 0 aliphatic heterocycles. The molecule has 2 nitrogen and oxygen atoms in total. The summed E-state index contributed by atoms with van der Waals surface area (Å²) in [4.78, 5) is 12.2. The summed E-state index contributed by atoms with van der Waals surface area (Å²) in [6.07, 6.45) is 7.16. The molecule has 2 atom stereocenters. The van der Waals surface area contributed by atoms with Crippen molar-refractivity contribution in [2.24, 2.45) is 5.92 Å². The van der Waals surface area contributed by atoms with Crippen molar-refractivity contribution in [3.8, 4) is 5.75 Å². The Bertz CT molecular complexity index is 599. The van der Waals surface area contributed by atoms with Crippen LogP contribution >= 0.6 is 0 Å². The first-order valence-corrected chi connectivity index (χ1v) is 7.08. The van der Waals surface area contributed by atoms with Gasteiger partial charge in [-0.3, -0.25) is 4.79 Å². The molecule has 0 N–H and O–H groups in total. The number of carbonyl (C=O) groups excluding carboxylic acids is 1. The van der Waals surface area contributed by atoms with E-state index in [4.69, 9.17) is 4.74 Å². The van der Waals surface area contributed by atoms with Crippen molar-refractivity contribution in [3.05, 3.63) is 41.0 Å². The van der Waals surface area contributed by atoms with Crippen molar-refractivity contribution in [1.29, 1.82) is 0 Å². The standard InChI is InChI=1S/C17H18O2/c1-19-15-5-3-12-7-14(18)10-17(16(12)8-15)9-11-2-4-13(17)6-11/h2-3,5,8,13H,4,6-7,9-10H2,1H3. The van der Waals surface area contributed by atoms with E-state index in [1.54, 1.807) is 12.7 Å². The average Bonchev–Trinajstić information content (AvgIpc) is 2.99. The Kier molecular flexibility index (Phi) is 2.21. The fraction of sp³-hybridized carbons (Fsp3) is 0.471. The van der Waals surface area contributed by atoms with Crippen LogP contribution in [0.15, 0.2) is 29.8 Å². The molecule has 1 saturated carbocycles. The molecule has 4 rings (SSSR count). The number of ether oxygens (including phenoxy) is 1. The van der Waals surface area contributed by atoms with Crippen molar-refractivity contribution in [3.63, 3.8) is 0 Å². The van der Waals surface area contributed by atoms with Gasteiger partial charge in [-0.05, 0) is 48.4 Å². The summed E-state index contributed by atoms with van der Waals surface area (Å²) in [5.41, 5.74) is 4.27. The van der Waals surface area contributed by atoms with Gasteiger partial charge in [-0.15, -0.1) is 0 Å². The molecule has 1 aromatic carbocycles. The minimum absolute atomic E-state index is 0.0866. The number of benzene rings is 1. The Morgan fingerprint density at radius 3 is 2.89 bits per heavy atom. The van der Waals surface area contributed by atoms with Crippen LogP contribution in [0.4, 0.5) is 0 Å². The maximum atomic E-state index is 12.2. The van der Waals surface area contributed by atoms with Crippen molar-refractivity contribution in [2.45, 2.75) is 37.5 Å². The zero-order chi connectivity index (χ0) is 13.0. The minimum atomic E-state index is 0.0866. The third kappa shape index (κ3) is 1.46. The van der Waals surface area contributed by atoms with Gasteiger partial charge in [-0.25, -0.2) is 0 Å². The van der Waals surface area contributed by atoms with Crippen LogP contribution in [0.5, 0.6) is 5.75 Å². The SMILES string of the molecule is COc1ccc2c(c1)C1(CC(=O)C2)CC2=CCC1C2. The highest BCUT2D eigenvalue weighted by Gasteiger charge is 2.51. The fourth-order valence-electron chi connectivity index (χ4n) is 4.45. The second-order valence-electron chi connectivity index (χ2n) is 6.25. The van der Waals surface area contributed by atoms with Crippen LogP contribution in [0.25, 0.3) is 0 Å². The lowest BCUT2D eigenvalue weighted by atomic mass is 9.62. The van der Waals surface area contributed by atoms with E-state index < -0.39 is 0 Å². The molecule has 0 saturated heterocycles. The zero-order valence-corrected chi connectivity index (χ0v) is 11.2. The maximum Gasteiger partial charge on any atom is 0.138 e. The van der Waals surface area contributed by atoms with Gasteiger partial charge >= 0.3 is 0 Å². The predicted octanol–water partition coefficient (Wildman–Crippen LogP) is 3.19. The minimum Gasteiger partial charge on any atom is -0.497 e. The van der Waals surface area contributed by atoms with Gasteiger partial charge in [0, 0.05) is 18.3 Å². The number of Topliss-reactive ketones (excluding diaryl/α,β-unsaturated/α-hetero) is 1. The molecule has 1 aromatic rings. The zero-order valence-electron chi connectivity index (χ0n) is 11.2. The highest BCUT2D eigenvalue weighted by atomic mass is 16.5. The van der Waals surface area contributed by atoms with Crippen LogP contribution in [0.3, 0.4) is 0 Å². The van der Waals surface area contributed by atoms with Gasteiger partial charge in [0.15, 0.2) is 0 Å². The van der Waals surface area contributed by atoms with E-state index in [-0.39, 0.29) is 5.41 Å². The molecule has 1 fully saturated rings. The Labute approximate surface area is 113 Å². The van der Waals surface area contributed by atoms with Crippen LogP contribution in [-0.4, -0.2) is 12.9 Å². The van der Waals surface area contributed by atoms with Gasteiger partial charge in [-0.1, -0.05) is 17.7 Å². The second kappa shape index (κ2) is 3.72. The Hall–Kier alpha value is -1.57. The molecule has 19 heavy (non-hydrogen) atoms. The molecule has 2 bridgehead atoms. The number of hydrogen-bond donors (Lipinski definition) is 0. The Morgan fingerprint density at radius 1 is 1.32 bits per heavy atom. The van der Waals surface area contributed by atoms with Gasteiger partial charge in [-0.2, -0.15) is 0 Å². The van der Waals surface area contributed by atoms with Gasteiger partial charge in [0.2, 0.25) is 0 Å². The van der Waals surface area contributed by atoms with Crippen LogP contribution in [0.2, 0.25) is 0 Å². The number of fused-ring (bicyclic) bond motifs is 5. The van der Waals surface area contributed by atoms with Crippen LogP contribution in [0, 0.1) is 5.92 Å².